The molecule has 0 spiro atoms. The summed E-state index contributed by atoms with van der Waals surface area (Å²) in [5.74, 6) is 0. The van der Waals surface area contributed by atoms with Crippen molar-refractivity contribution >= 4 is 12.2 Å². The van der Waals surface area contributed by atoms with Crippen LogP contribution in [0.5, 0.6) is 0 Å². The van der Waals surface area contributed by atoms with Crippen molar-refractivity contribution in [1.29, 1.82) is 0 Å². The van der Waals surface area contributed by atoms with Crippen molar-refractivity contribution in [2.24, 2.45) is 0 Å². The normalized spacial score (nSPS) is 19.0. The van der Waals surface area contributed by atoms with Crippen molar-refractivity contribution < 1.29 is 24.2 Å². The lowest BCUT2D eigenvalue weighted by Gasteiger charge is -2.42. The first-order valence-electron chi connectivity index (χ1n) is 8.80. The number of carbonyl (C=O) groups excluding carboxylic acids is 2. The summed E-state index contributed by atoms with van der Waals surface area (Å²) in [5.41, 5.74) is 0.284. The molecular formula is C19H28N2O5. The molecule has 1 aliphatic heterocycles. The fourth-order valence-electron chi connectivity index (χ4n) is 2.75. The first kappa shape index (κ1) is 20.0. The Balaban J connectivity index is 1.95. The van der Waals surface area contributed by atoms with E-state index < -0.39 is 29.9 Å². The number of amides is 2. The van der Waals surface area contributed by atoms with Crippen LogP contribution in [-0.4, -0.2) is 64.5 Å². The molecule has 1 aliphatic rings. The monoisotopic (exact) mass is 364 g/mol. The van der Waals surface area contributed by atoms with Gasteiger partial charge in [-0.2, -0.15) is 0 Å². The molecule has 1 saturated heterocycles. The molecule has 1 aromatic carbocycles. The highest BCUT2D eigenvalue weighted by Gasteiger charge is 2.37. The van der Waals surface area contributed by atoms with Crippen LogP contribution in [0.2, 0.25) is 0 Å². The zero-order chi connectivity index (χ0) is 19.3. The Hall–Kier alpha value is -2.28. The molecule has 0 bridgehead atoms. The van der Waals surface area contributed by atoms with Gasteiger partial charge in [-0.3, -0.25) is 4.90 Å². The number of aliphatic hydroxyl groups excluding tert-OH is 1. The standard InChI is InChI=1S/C19H28N2O5/c1-14(22)16-12-20(10-11-21(16)18(24)26-19(2,3)4)17(23)25-13-15-8-6-5-7-9-15/h5-9,14,16,22H,10-13H2,1-4H3/t14-,16+/m0/s1. The molecule has 2 atom stereocenters. The lowest BCUT2D eigenvalue weighted by atomic mass is 10.1. The van der Waals surface area contributed by atoms with Gasteiger partial charge in [-0.1, -0.05) is 30.3 Å². The van der Waals surface area contributed by atoms with Crippen molar-refractivity contribution in [3.63, 3.8) is 0 Å². The fourth-order valence-corrected chi connectivity index (χ4v) is 2.75. The third-order valence-electron chi connectivity index (χ3n) is 4.07. The molecule has 0 radical (unpaired) electrons. The lowest BCUT2D eigenvalue weighted by Crippen LogP contribution is -2.60. The van der Waals surface area contributed by atoms with Crippen LogP contribution in [0, 0.1) is 0 Å². The van der Waals surface area contributed by atoms with Crippen molar-refractivity contribution in [1.82, 2.24) is 9.80 Å². The molecule has 0 aromatic heterocycles. The van der Waals surface area contributed by atoms with Crippen molar-refractivity contribution in [2.45, 2.75) is 52.0 Å². The number of hydrogen-bond acceptors (Lipinski definition) is 5. The van der Waals surface area contributed by atoms with E-state index >= 15 is 0 Å². The summed E-state index contributed by atoms with van der Waals surface area (Å²) >= 11 is 0. The fraction of sp³-hybridized carbons (Fsp3) is 0.579. The number of piperazine rings is 1. The SMILES string of the molecule is C[C@H](O)[C@H]1CN(C(=O)OCc2ccccc2)CCN1C(=O)OC(C)(C)C. The van der Waals surface area contributed by atoms with Gasteiger partial charge in [0.25, 0.3) is 0 Å². The second-order valence-electron chi connectivity index (χ2n) is 7.47. The number of ether oxygens (including phenoxy) is 2. The van der Waals surface area contributed by atoms with Crippen LogP contribution in [0.1, 0.15) is 33.3 Å². The van der Waals surface area contributed by atoms with Crippen LogP contribution in [-0.2, 0) is 16.1 Å². The molecular weight excluding hydrogens is 336 g/mol. The molecule has 2 rings (SSSR count). The molecule has 1 aromatic rings. The van der Waals surface area contributed by atoms with Crippen LogP contribution >= 0.6 is 0 Å². The van der Waals surface area contributed by atoms with E-state index in [1.54, 1.807) is 27.7 Å². The Morgan fingerprint density at radius 1 is 1.19 bits per heavy atom. The summed E-state index contributed by atoms with van der Waals surface area (Å²) in [6, 6.07) is 8.88. The van der Waals surface area contributed by atoms with Crippen molar-refractivity contribution in [3.05, 3.63) is 35.9 Å². The van der Waals surface area contributed by atoms with Gasteiger partial charge in [-0.05, 0) is 33.3 Å². The van der Waals surface area contributed by atoms with Crippen LogP contribution in [0.3, 0.4) is 0 Å². The van der Waals surface area contributed by atoms with Gasteiger partial charge in [-0.15, -0.1) is 0 Å². The Bertz CT molecular complexity index is 612. The summed E-state index contributed by atoms with van der Waals surface area (Å²) in [6.07, 6.45) is -1.74. The molecule has 1 heterocycles. The van der Waals surface area contributed by atoms with E-state index in [0.29, 0.717) is 6.54 Å². The topological polar surface area (TPSA) is 79.3 Å². The van der Waals surface area contributed by atoms with Crippen LogP contribution < -0.4 is 0 Å². The molecule has 1 N–H and O–H groups in total. The number of hydrogen-bond donors (Lipinski definition) is 1. The van der Waals surface area contributed by atoms with Crippen LogP contribution in [0.15, 0.2) is 30.3 Å². The predicted octanol–water partition coefficient (Wildman–Crippen LogP) is 2.63. The number of nitrogens with zero attached hydrogens (tertiary/aromatic N) is 2. The van der Waals surface area contributed by atoms with Crippen LogP contribution in [0.4, 0.5) is 9.59 Å². The van der Waals surface area contributed by atoms with E-state index in [-0.39, 0.29) is 19.7 Å². The van der Waals surface area contributed by atoms with Gasteiger partial charge in [-0.25, -0.2) is 9.59 Å². The number of rotatable bonds is 3. The van der Waals surface area contributed by atoms with E-state index in [1.165, 1.54) is 9.80 Å². The Kier molecular flexibility index (Phi) is 6.47. The van der Waals surface area contributed by atoms with E-state index in [2.05, 4.69) is 0 Å². The Labute approximate surface area is 154 Å². The maximum Gasteiger partial charge on any atom is 0.410 e. The minimum atomic E-state index is -0.799. The predicted molar refractivity (Wildman–Crippen MR) is 96.6 cm³/mol. The molecule has 2 amide bonds. The maximum atomic E-state index is 12.4. The zero-order valence-electron chi connectivity index (χ0n) is 15.8. The highest BCUT2D eigenvalue weighted by molar-refractivity contribution is 5.71. The summed E-state index contributed by atoms with van der Waals surface area (Å²) in [4.78, 5) is 27.7. The second-order valence-corrected chi connectivity index (χ2v) is 7.47. The second kappa shape index (κ2) is 8.40. The first-order chi connectivity index (χ1) is 12.2. The van der Waals surface area contributed by atoms with E-state index in [0.717, 1.165) is 5.56 Å². The van der Waals surface area contributed by atoms with Gasteiger partial charge in [0, 0.05) is 19.6 Å². The average molecular weight is 364 g/mol. The molecule has 26 heavy (non-hydrogen) atoms. The van der Waals surface area contributed by atoms with E-state index in [4.69, 9.17) is 9.47 Å². The van der Waals surface area contributed by atoms with E-state index in [9.17, 15) is 14.7 Å². The third-order valence-corrected chi connectivity index (χ3v) is 4.07. The molecule has 7 nitrogen and oxygen atoms in total. The number of benzene rings is 1. The maximum absolute atomic E-state index is 12.4. The average Bonchev–Trinajstić information content (AvgIpc) is 2.58. The summed E-state index contributed by atoms with van der Waals surface area (Å²) < 4.78 is 10.7. The molecule has 0 aliphatic carbocycles. The molecule has 1 fully saturated rings. The van der Waals surface area contributed by atoms with Crippen molar-refractivity contribution in [3.8, 4) is 0 Å². The largest absolute Gasteiger partial charge is 0.445 e. The third kappa shape index (κ3) is 5.62. The highest BCUT2D eigenvalue weighted by atomic mass is 16.6. The van der Waals surface area contributed by atoms with Gasteiger partial charge in [0.2, 0.25) is 0 Å². The molecule has 0 saturated carbocycles. The highest BCUT2D eigenvalue weighted by Crippen LogP contribution is 2.19. The molecule has 7 heteroatoms. The zero-order valence-corrected chi connectivity index (χ0v) is 15.8. The van der Waals surface area contributed by atoms with Gasteiger partial charge >= 0.3 is 12.2 Å². The van der Waals surface area contributed by atoms with Crippen LogP contribution in [0.25, 0.3) is 0 Å². The number of carbonyl (C=O) groups is 2. The summed E-state index contributed by atoms with van der Waals surface area (Å²) in [6.45, 7) is 7.97. The summed E-state index contributed by atoms with van der Waals surface area (Å²) in [5, 5.41) is 10.1. The summed E-state index contributed by atoms with van der Waals surface area (Å²) in [7, 11) is 0. The van der Waals surface area contributed by atoms with Gasteiger partial charge < -0.3 is 19.5 Å². The number of aliphatic hydroxyl groups is 1. The first-order valence-corrected chi connectivity index (χ1v) is 8.80. The lowest BCUT2D eigenvalue weighted by molar-refractivity contribution is -0.0282. The minimum absolute atomic E-state index is 0.186. The van der Waals surface area contributed by atoms with Gasteiger partial charge in [0.05, 0.1) is 12.1 Å². The Morgan fingerprint density at radius 3 is 2.42 bits per heavy atom. The van der Waals surface area contributed by atoms with Gasteiger partial charge in [0.15, 0.2) is 0 Å². The quantitative estimate of drug-likeness (QED) is 0.892. The van der Waals surface area contributed by atoms with Gasteiger partial charge in [0.1, 0.15) is 12.2 Å². The molecule has 144 valence electrons. The van der Waals surface area contributed by atoms with Crippen molar-refractivity contribution in [2.75, 3.05) is 19.6 Å². The molecule has 0 unspecified atom stereocenters. The minimum Gasteiger partial charge on any atom is -0.445 e. The smallest absolute Gasteiger partial charge is 0.410 e. The van der Waals surface area contributed by atoms with E-state index in [1.807, 2.05) is 30.3 Å². The Morgan fingerprint density at radius 2 is 1.85 bits per heavy atom.